The van der Waals surface area contributed by atoms with Crippen molar-refractivity contribution in [2.24, 2.45) is 0 Å². The van der Waals surface area contributed by atoms with Crippen LogP contribution in [0, 0.1) is 0 Å². The predicted octanol–water partition coefficient (Wildman–Crippen LogP) is 27.6. The number of carbonyl (C=O) groups excluding carboxylic acids is 2. The highest BCUT2D eigenvalue weighted by atomic mass is 16.5. The Morgan fingerprint density at radius 1 is 0.311 bits per heavy atom. The second-order valence-electron chi connectivity index (χ2n) is 28.8. The minimum absolute atomic E-state index is 0.00888. The van der Waals surface area contributed by atoms with Gasteiger partial charge in [0.05, 0.1) is 25.4 Å². The molecular formula is C84H163NO5. The molecule has 6 heteroatoms. The van der Waals surface area contributed by atoms with Crippen molar-refractivity contribution in [3.05, 3.63) is 24.3 Å². The van der Waals surface area contributed by atoms with Crippen LogP contribution in [0.5, 0.6) is 0 Å². The van der Waals surface area contributed by atoms with Crippen LogP contribution in [0.15, 0.2) is 24.3 Å². The molecular weight excluding hydrogens is 1100 g/mol. The molecule has 6 nitrogen and oxygen atoms in total. The van der Waals surface area contributed by atoms with Gasteiger partial charge in [-0.25, -0.2) is 0 Å². The van der Waals surface area contributed by atoms with Gasteiger partial charge >= 0.3 is 5.97 Å². The van der Waals surface area contributed by atoms with Crippen molar-refractivity contribution < 1.29 is 24.5 Å². The van der Waals surface area contributed by atoms with E-state index in [9.17, 15) is 19.8 Å². The number of hydrogen-bond acceptors (Lipinski definition) is 5. The van der Waals surface area contributed by atoms with Crippen LogP contribution in [0.25, 0.3) is 0 Å². The first kappa shape index (κ1) is 88.3. The van der Waals surface area contributed by atoms with Gasteiger partial charge in [-0.3, -0.25) is 9.59 Å². The van der Waals surface area contributed by atoms with Gasteiger partial charge in [-0.15, -0.1) is 0 Å². The Bertz CT molecular complexity index is 1410. The monoisotopic (exact) mass is 1270 g/mol. The molecule has 3 N–H and O–H groups in total. The molecule has 0 aromatic carbocycles. The lowest BCUT2D eigenvalue weighted by Gasteiger charge is -2.22. The van der Waals surface area contributed by atoms with Gasteiger partial charge in [0.15, 0.2) is 0 Å². The average Bonchev–Trinajstić information content (AvgIpc) is 3.60. The molecule has 0 aromatic rings. The van der Waals surface area contributed by atoms with Crippen LogP contribution in [0.4, 0.5) is 0 Å². The summed E-state index contributed by atoms with van der Waals surface area (Å²) < 4.78 is 5.49. The third-order valence-electron chi connectivity index (χ3n) is 19.8. The number of rotatable bonds is 79. The maximum Gasteiger partial charge on any atom is 0.305 e. The number of nitrogens with one attached hydrogen (secondary N) is 1. The summed E-state index contributed by atoms with van der Waals surface area (Å²) in [6, 6.07) is -0.539. The van der Waals surface area contributed by atoms with E-state index in [1.54, 1.807) is 0 Å². The number of aliphatic hydroxyl groups is 2. The number of carbonyl (C=O) groups is 2. The Kier molecular flexibility index (Phi) is 78.3. The Labute approximate surface area is 564 Å². The Morgan fingerprint density at radius 2 is 0.567 bits per heavy atom. The molecule has 0 rings (SSSR count). The van der Waals surface area contributed by atoms with Crippen molar-refractivity contribution in [1.29, 1.82) is 0 Å². The number of amides is 1. The second kappa shape index (κ2) is 79.8. The van der Waals surface area contributed by atoms with Gasteiger partial charge in [0.1, 0.15) is 0 Å². The molecule has 0 bridgehead atoms. The van der Waals surface area contributed by atoms with Crippen LogP contribution in [0.1, 0.15) is 476 Å². The van der Waals surface area contributed by atoms with Crippen LogP contribution >= 0.6 is 0 Å². The smallest absolute Gasteiger partial charge is 0.305 e. The minimum Gasteiger partial charge on any atom is -0.466 e. The Morgan fingerprint density at radius 3 is 0.878 bits per heavy atom. The maximum atomic E-state index is 12.6. The first-order valence-electron chi connectivity index (χ1n) is 41.6. The van der Waals surface area contributed by atoms with E-state index in [4.69, 9.17) is 4.74 Å². The highest BCUT2D eigenvalue weighted by molar-refractivity contribution is 5.76. The number of hydrogen-bond donors (Lipinski definition) is 3. The average molecular weight is 1270 g/mol. The van der Waals surface area contributed by atoms with E-state index in [2.05, 4.69) is 43.5 Å². The molecule has 0 saturated carbocycles. The standard InChI is InChI=1S/C84H163NO5/c1-3-5-7-9-11-13-15-17-19-20-21-22-23-37-40-43-46-49-52-56-60-64-68-72-76-82(87)81(80-86)85-83(88)77-73-69-65-61-57-53-50-47-44-41-38-35-33-31-29-27-25-24-26-28-30-32-34-36-39-42-45-48-51-55-59-63-67-71-75-79-90-84(89)78-74-70-66-62-58-54-18-16-14-12-10-8-6-4-2/h10,12,16,18,81-82,86-87H,3-9,11,13-15,17,19-80H2,1-2H3,(H,85,88)/b12-10-,18-16-. The van der Waals surface area contributed by atoms with Gasteiger partial charge in [-0.1, -0.05) is 436 Å². The summed E-state index contributed by atoms with van der Waals surface area (Å²) in [5, 5.41) is 23.5. The van der Waals surface area contributed by atoms with E-state index in [0.717, 1.165) is 51.4 Å². The van der Waals surface area contributed by atoms with Crippen molar-refractivity contribution in [1.82, 2.24) is 5.32 Å². The fourth-order valence-electron chi connectivity index (χ4n) is 13.4. The molecule has 0 heterocycles. The van der Waals surface area contributed by atoms with Crippen LogP contribution in [-0.2, 0) is 14.3 Å². The molecule has 0 aliphatic rings. The zero-order chi connectivity index (χ0) is 64.9. The van der Waals surface area contributed by atoms with Gasteiger partial charge in [0, 0.05) is 12.8 Å². The fraction of sp³-hybridized carbons (Fsp3) is 0.929. The van der Waals surface area contributed by atoms with Crippen LogP contribution in [0.3, 0.4) is 0 Å². The van der Waals surface area contributed by atoms with Gasteiger partial charge in [0.25, 0.3) is 0 Å². The minimum atomic E-state index is -0.662. The van der Waals surface area contributed by atoms with Crippen LogP contribution in [0.2, 0.25) is 0 Å². The van der Waals surface area contributed by atoms with Gasteiger partial charge < -0.3 is 20.3 Å². The van der Waals surface area contributed by atoms with E-state index in [1.807, 2.05) is 0 Å². The zero-order valence-corrected chi connectivity index (χ0v) is 61.4. The topological polar surface area (TPSA) is 95.9 Å². The lowest BCUT2D eigenvalue weighted by molar-refractivity contribution is -0.143. The summed E-state index contributed by atoms with van der Waals surface area (Å²) in [7, 11) is 0. The van der Waals surface area contributed by atoms with Crippen molar-refractivity contribution in [3.8, 4) is 0 Å². The summed E-state index contributed by atoms with van der Waals surface area (Å²) in [5.41, 5.74) is 0. The summed E-state index contributed by atoms with van der Waals surface area (Å²) in [4.78, 5) is 24.7. The van der Waals surface area contributed by atoms with Crippen LogP contribution < -0.4 is 5.32 Å². The lowest BCUT2D eigenvalue weighted by atomic mass is 10.0. The number of esters is 1. The fourth-order valence-corrected chi connectivity index (χ4v) is 13.4. The molecule has 0 aliphatic carbocycles. The molecule has 2 atom stereocenters. The molecule has 1 amide bonds. The maximum absolute atomic E-state index is 12.6. The third-order valence-corrected chi connectivity index (χ3v) is 19.8. The first-order chi connectivity index (χ1) is 44.5. The quantitative estimate of drug-likeness (QED) is 0.0320. The van der Waals surface area contributed by atoms with Crippen molar-refractivity contribution in [2.75, 3.05) is 13.2 Å². The van der Waals surface area contributed by atoms with E-state index < -0.39 is 12.1 Å². The normalized spacial score (nSPS) is 12.5. The number of unbranched alkanes of at least 4 members (excludes halogenated alkanes) is 64. The molecule has 534 valence electrons. The van der Waals surface area contributed by atoms with Crippen molar-refractivity contribution in [2.45, 2.75) is 488 Å². The molecule has 2 unspecified atom stereocenters. The second-order valence-corrected chi connectivity index (χ2v) is 28.8. The Hall–Kier alpha value is -1.66. The highest BCUT2D eigenvalue weighted by Crippen LogP contribution is 2.21. The molecule has 0 radical (unpaired) electrons. The first-order valence-corrected chi connectivity index (χ1v) is 41.6. The zero-order valence-electron chi connectivity index (χ0n) is 61.4. The molecule has 0 aromatic heterocycles. The van der Waals surface area contributed by atoms with E-state index in [-0.39, 0.29) is 18.5 Å². The van der Waals surface area contributed by atoms with Crippen LogP contribution in [-0.4, -0.2) is 47.4 Å². The van der Waals surface area contributed by atoms with Gasteiger partial charge in [0.2, 0.25) is 5.91 Å². The molecule has 0 spiro atoms. The van der Waals surface area contributed by atoms with Crippen molar-refractivity contribution >= 4 is 11.9 Å². The van der Waals surface area contributed by atoms with E-state index in [1.165, 1.54) is 392 Å². The highest BCUT2D eigenvalue weighted by Gasteiger charge is 2.20. The summed E-state index contributed by atoms with van der Waals surface area (Å²) in [5.74, 6) is -0.0146. The third kappa shape index (κ3) is 75.4. The summed E-state index contributed by atoms with van der Waals surface area (Å²) in [6.07, 6.45) is 103. The Balaban J connectivity index is 3.32. The number of ether oxygens (including phenoxy) is 1. The SMILES string of the molecule is CCCC/C=C\C/C=C\CCCCCCCC(=O)OCCCCCCCCCCCCCCCCCCCCCCCCCCCCCCCCCCCCCC(=O)NC(CO)C(O)CCCCCCCCCCCCCCCCCCCCCCCCCC. The summed E-state index contributed by atoms with van der Waals surface area (Å²) >= 11 is 0. The molecule has 0 saturated heterocycles. The largest absolute Gasteiger partial charge is 0.466 e. The predicted molar refractivity (Wildman–Crippen MR) is 398 cm³/mol. The van der Waals surface area contributed by atoms with E-state index in [0.29, 0.717) is 25.9 Å². The van der Waals surface area contributed by atoms with Gasteiger partial charge in [-0.2, -0.15) is 0 Å². The number of aliphatic hydroxyl groups excluding tert-OH is 2. The molecule has 90 heavy (non-hydrogen) atoms. The summed E-state index contributed by atoms with van der Waals surface area (Å²) in [6.45, 7) is 4.96. The lowest BCUT2D eigenvalue weighted by Crippen LogP contribution is -2.45. The number of allylic oxidation sites excluding steroid dienone is 4. The van der Waals surface area contributed by atoms with Gasteiger partial charge in [-0.05, 0) is 51.4 Å². The van der Waals surface area contributed by atoms with E-state index >= 15 is 0 Å². The molecule has 0 aliphatic heterocycles. The molecule has 0 fully saturated rings. The van der Waals surface area contributed by atoms with Crippen molar-refractivity contribution in [3.63, 3.8) is 0 Å².